The number of thiophene rings is 1. The van der Waals surface area contributed by atoms with Gasteiger partial charge in [-0.05, 0) is 66.2 Å². The van der Waals surface area contributed by atoms with Crippen LogP contribution in [0.25, 0.3) is 86.3 Å². The molecule has 0 saturated carbocycles. The zero-order valence-electron chi connectivity index (χ0n) is 25.2. The largest absolute Gasteiger partial charge is 0.309 e. The van der Waals surface area contributed by atoms with Gasteiger partial charge in [-0.15, -0.1) is 11.3 Å². The summed E-state index contributed by atoms with van der Waals surface area (Å²) < 4.78 is 7.28. The number of rotatable bonds is 3. The van der Waals surface area contributed by atoms with Crippen molar-refractivity contribution in [3.63, 3.8) is 0 Å². The molecule has 3 aromatic heterocycles. The van der Waals surface area contributed by atoms with Crippen molar-refractivity contribution in [2.75, 3.05) is 0 Å². The molecule has 0 aliphatic heterocycles. The Hall–Kier alpha value is -6.15. The second-order valence-electron chi connectivity index (χ2n) is 12.0. The van der Waals surface area contributed by atoms with E-state index in [4.69, 9.17) is 0 Å². The maximum absolute atomic E-state index is 10.5. The van der Waals surface area contributed by atoms with E-state index in [0.717, 1.165) is 39.1 Å². The Morgan fingerprint density at radius 3 is 1.91 bits per heavy atom. The molecule has 47 heavy (non-hydrogen) atoms. The SMILES string of the molecule is N#Cc1cccc(-n2c3ccccc3c3ccccc32)c1-c1ccc2c(c1)c1c3sc4ccccc4c3ccc1n2-c1ccccc1. The van der Waals surface area contributed by atoms with Crippen LogP contribution >= 0.6 is 11.3 Å². The van der Waals surface area contributed by atoms with Crippen LogP contribution in [0.3, 0.4) is 0 Å². The minimum Gasteiger partial charge on any atom is -0.309 e. The van der Waals surface area contributed by atoms with Gasteiger partial charge in [-0.3, -0.25) is 0 Å². The fourth-order valence-electron chi connectivity index (χ4n) is 7.60. The van der Waals surface area contributed by atoms with E-state index in [1.54, 1.807) is 0 Å². The van der Waals surface area contributed by atoms with E-state index in [-0.39, 0.29) is 0 Å². The molecular weight excluding hydrogens is 591 g/mol. The predicted octanol–water partition coefficient (Wildman–Crippen LogP) is 11.8. The molecule has 0 fully saturated rings. The van der Waals surface area contributed by atoms with E-state index in [2.05, 4.69) is 155 Å². The van der Waals surface area contributed by atoms with Gasteiger partial charge in [-0.1, -0.05) is 91.0 Å². The smallest absolute Gasteiger partial charge is 0.0998 e. The highest BCUT2D eigenvalue weighted by Gasteiger charge is 2.21. The number of para-hydroxylation sites is 3. The molecule has 0 unspecified atom stereocenters. The van der Waals surface area contributed by atoms with Crippen LogP contribution in [-0.4, -0.2) is 9.13 Å². The van der Waals surface area contributed by atoms with Crippen LogP contribution in [0, 0.1) is 11.3 Å². The van der Waals surface area contributed by atoms with Crippen LogP contribution < -0.4 is 0 Å². The van der Waals surface area contributed by atoms with Gasteiger partial charge in [-0.25, -0.2) is 0 Å². The molecule has 0 atom stereocenters. The Morgan fingerprint density at radius 2 is 1.15 bits per heavy atom. The van der Waals surface area contributed by atoms with Crippen LogP contribution in [0.1, 0.15) is 5.56 Å². The summed E-state index contributed by atoms with van der Waals surface area (Å²) in [5, 5.41) is 17.9. The number of benzene rings is 7. The Labute approximate surface area is 274 Å². The second kappa shape index (κ2) is 9.92. The molecule has 0 saturated heterocycles. The van der Waals surface area contributed by atoms with E-state index in [1.807, 2.05) is 23.5 Å². The lowest BCUT2D eigenvalue weighted by Crippen LogP contribution is -1.99. The molecule has 0 spiro atoms. The van der Waals surface area contributed by atoms with Crippen molar-refractivity contribution in [1.29, 1.82) is 5.26 Å². The first kappa shape index (κ1) is 26.1. The molecule has 7 aromatic carbocycles. The number of hydrogen-bond donors (Lipinski definition) is 0. The fourth-order valence-corrected chi connectivity index (χ4v) is 8.86. The van der Waals surface area contributed by atoms with Crippen LogP contribution in [0.15, 0.2) is 152 Å². The van der Waals surface area contributed by atoms with Crippen molar-refractivity contribution < 1.29 is 0 Å². The predicted molar refractivity (Wildman–Crippen MR) is 198 cm³/mol. The first-order valence-corrected chi connectivity index (χ1v) is 16.6. The molecule has 0 N–H and O–H groups in total. The van der Waals surface area contributed by atoms with Gasteiger partial charge in [0.15, 0.2) is 0 Å². The van der Waals surface area contributed by atoms with Crippen molar-refractivity contribution >= 4 is 75.1 Å². The van der Waals surface area contributed by atoms with E-state index in [9.17, 15) is 5.26 Å². The standard InChI is InChI=1S/C43H25N3S/c44-26-28-11-10-19-38(46-35-17-7-4-14-30(35)31-15-5-8-18-36(31)46)41(28)27-21-23-37-34(25-27)42-39(45(37)29-12-2-1-3-13-29)24-22-33-32-16-6-9-20-40(32)47-43(33)42/h1-25H. The zero-order valence-corrected chi connectivity index (χ0v) is 26.0. The number of aromatic nitrogens is 2. The summed E-state index contributed by atoms with van der Waals surface area (Å²) >= 11 is 1.86. The Kier molecular flexibility index (Phi) is 5.51. The molecule has 4 heteroatoms. The van der Waals surface area contributed by atoms with Gasteiger partial charge in [0.25, 0.3) is 0 Å². The summed E-state index contributed by atoms with van der Waals surface area (Å²) in [6.45, 7) is 0. The molecular formula is C43H25N3S. The highest BCUT2D eigenvalue weighted by molar-refractivity contribution is 7.26. The molecule has 218 valence electrons. The number of nitriles is 1. The Morgan fingerprint density at radius 1 is 0.489 bits per heavy atom. The van der Waals surface area contributed by atoms with Crippen LogP contribution in [0.4, 0.5) is 0 Å². The fraction of sp³-hybridized carbons (Fsp3) is 0. The van der Waals surface area contributed by atoms with E-state index in [1.165, 1.54) is 47.2 Å². The van der Waals surface area contributed by atoms with Gasteiger partial charge in [0.05, 0.1) is 39.4 Å². The van der Waals surface area contributed by atoms with Gasteiger partial charge in [0, 0.05) is 53.0 Å². The minimum absolute atomic E-state index is 0.655. The van der Waals surface area contributed by atoms with Crippen LogP contribution in [0.2, 0.25) is 0 Å². The normalized spacial score (nSPS) is 11.8. The lowest BCUT2D eigenvalue weighted by Gasteiger charge is -2.16. The molecule has 0 radical (unpaired) electrons. The maximum Gasteiger partial charge on any atom is 0.0998 e. The van der Waals surface area contributed by atoms with Crippen molar-refractivity contribution in [1.82, 2.24) is 9.13 Å². The molecule has 3 nitrogen and oxygen atoms in total. The third-order valence-corrected chi connectivity index (χ3v) is 10.8. The number of hydrogen-bond acceptors (Lipinski definition) is 2. The third kappa shape index (κ3) is 3.66. The van der Waals surface area contributed by atoms with Gasteiger partial charge in [0.1, 0.15) is 0 Å². The van der Waals surface area contributed by atoms with Crippen molar-refractivity contribution in [2.45, 2.75) is 0 Å². The van der Waals surface area contributed by atoms with E-state index >= 15 is 0 Å². The highest BCUT2D eigenvalue weighted by atomic mass is 32.1. The van der Waals surface area contributed by atoms with E-state index in [0.29, 0.717) is 5.56 Å². The summed E-state index contributed by atoms with van der Waals surface area (Å²) in [4.78, 5) is 0. The summed E-state index contributed by atoms with van der Waals surface area (Å²) in [6.07, 6.45) is 0. The molecule has 0 aliphatic carbocycles. The van der Waals surface area contributed by atoms with E-state index < -0.39 is 0 Å². The third-order valence-electron chi connectivity index (χ3n) is 9.56. The van der Waals surface area contributed by atoms with Crippen molar-refractivity contribution in [3.05, 3.63) is 157 Å². The summed E-state index contributed by atoms with van der Waals surface area (Å²) in [5.74, 6) is 0. The van der Waals surface area contributed by atoms with Gasteiger partial charge in [0.2, 0.25) is 0 Å². The first-order valence-electron chi connectivity index (χ1n) is 15.8. The van der Waals surface area contributed by atoms with Gasteiger partial charge in [-0.2, -0.15) is 5.26 Å². The summed E-state index contributed by atoms with van der Waals surface area (Å²) in [5.41, 5.74) is 9.32. The topological polar surface area (TPSA) is 33.6 Å². The van der Waals surface area contributed by atoms with Crippen molar-refractivity contribution in [2.24, 2.45) is 0 Å². The quantitative estimate of drug-likeness (QED) is 0.195. The minimum atomic E-state index is 0.655. The van der Waals surface area contributed by atoms with Gasteiger partial charge >= 0.3 is 0 Å². The van der Waals surface area contributed by atoms with Crippen molar-refractivity contribution in [3.8, 4) is 28.6 Å². The Balaban J connectivity index is 1.34. The number of fused-ring (bicyclic) bond motifs is 10. The average molecular weight is 616 g/mol. The average Bonchev–Trinajstić information content (AvgIpc) is 3.79. The van der Waals surface area contributed by atoms with Crippen LogP contribution in [-0.2, 0) is 0 Å². The second-order valence-corrected chi connectivity index (χ2v) is 13.1. The van der Waals surface area contributed by atoms with Gasteiger partial charge < -0.3 is 9.13 Å². The first-order chi connectivity index (χ1) is 23.3. The molecule has 0 aliphatic rings. The maximum atomic E-state index is 10.5. The number of nitrogens with zero attached hydrogens (tertiary/aromatic N) is 3. The molecule has 10 aromatic rings. The highest BCUT2D eigenvalue weighted by Crippen LogP contribution is 2.45. The van der Waals surface area contributed by atoms with Crippen LogP contribution in [0.5, 0.6) is 0 Å². The Bertz CT molecular complexity index is 2860. The summed E-state index contributed by atoms with van der Waals surface area (Å²) in [7, 11) is 0. The molecule has 0 bridgehead atoms. The lowest BCUT2D eigenvalue weighted by atomic mass is 9.96. The zero-order chi connectivity index (χ0) is 31.1. The molecule has 3 heterocycles. The summed E-state index contributed by atoms with van der Waals surface area (Å²) in [6, 6.07) is 56.3. The molecule has 10 rings (SSSR count). The monoisotopic (exact) mass is 615 g/mol. The molecule has 0 amide bonds. The lowest BCUT2D eigenvalue weighted by molar-refractivity contribution is 1.18.